The van der Waals surface area contributed by atoms with E-state index in [9.17, 15) is 18.0 Å². The molecule has 2 aliphatic heterocycles. The van der Waals surface area contributed by atoms with Crippen LogP contribution in [0.5, 0.6) is 0 Å². The number of amides is 1. The van der Waals surface area contributed by atoms with Gasteiger partial charge in [0.1, 0.15) is 0 Å². The van der Waals surface area contributed by atoms with Gasteiger partial charge in [-0.1, -0.05) is 25.1 Å². The number of halogens is 3. The van der Waals surface area contributed by atoms with Gasteiger partial charge >= 0.3 is 12.1 Å². The van der Waals surface area contributed by atoms with Gasteiger partial charge in [0.15, 0.2) is 0 Å². The number of carbonyl (C=O) groups excluding carboxylic acids is 1. The predicted molar refractivity (Wildman–Crippen MR) is 116 cm³/mol. The van der Waals surface area contributed by atoms with Crippen molar-refractivity contribution in [1.82, 2.24) is 9.80 Å². The molecule has 1 N–H and O–H groups in total. The van der Waals surface area contributed by atoms with Gasteiger partial charge in [-0.05, 0) is 30.5 Å². The fourth-order valence-corrected chi connectivity index (χ4v) is 5.62. The van der Waals surface area contributed by atoms with Crippen LogP contribution in [0.2, 0.25) is 0 Å². The second kappa shape index (κ2) is 9.76. The van der Waals surface area contributed by atoms with Gasteiger partial charge < -0.3 is 19.6 Å². The summed E-state index contributed by atoms with van der Waals surface area (Å²) < 4.78 is 38.4. The summed E-state index contributed by atoms with van der Waals surface area (Å²) in [5.74, 6) is -2.03. The van der Waals surface area contributed by atoms with Crippen LogP contribution in [0.1, 0.15) is 23.0 Å². The van der Waals surface area contributed by atoms with Crippen molar-refractivity contribution in [1.29, 1.82) is 0 Å². The first-order chi connectivity index (χ1) is 15.1. The molecule has 32 heavy (non-hydrogen) atoms. The molecular formula is C22H27F3N2O4S. The summed E-state index contributed by atoms with van der Waals surface area (Å²) in [5, 5.41) is 8.29. The Labute approximate surface area is 188 Å². The van der Waals surface area contributed by atoms with Gasteiger partial charge in [-0.15, -0.1) is 11.3 Å². The zero-order valence-electron chi connectivity index (χ0n) is 18.0. The molecule has 0 unspecified atom stereocenters. The maximum atomic E-state index is 13.1. The lowest BCUT2D eigenvalue weighted by atomic mass is 9.77. The molecule has 4 rings (SSSR count). The highest BCUT2D eigenvalue weighted by molar-refractivity contribution is 7.20. The van der Waals surface area contributed by atoms with E-state index in [-0.39, 0.29) is 11.3 Å². The Bertz CT molecular complexity index is 931. The highest BCUT2D eigenvalue weighted by Crippen LogP contribution is 2.44. The van der Waals surface area contributed by atoms with Gasteiger partial charge in [-0.3, -0.25) is 4.79 Å². The third kappa shape index (κ3) is 5.24. The monoisotopic (exact) mass is 472 g/mol. The molecule has 1 amide bonds. The number of nitrogens with zero attached hydrogens (tertiary/aromatic N) is 2. The molecule has 6 nitrogen and oxygen atoms in total. The molecule has 2 aromatic rings. The minimum atomic E-state index is -5.08. The second-order valence-electron chi connectivity index (χ2n) is 8.27. The molecular weight excluding hydrogens is 445 g/mol. The summed E-state index contributed by atoms with van der Waals surface area (Å²) in [5.41, 5.74) is 0.207. The van der Waals surface area contributed by atoms with Gasteiger partial charge in [-0.2, -0.15) is 13.2 Å². The third-order valence-corrected chi connectivity index (χ3v) is 7.35. The molecule has 0 saturated carbocycles. The van der Waals surface area contributed by atoms with Crippen molar-refractivity contribution in [3.8, 4) is 0 Å². The predicted octanol–water partition coefficient (Wildman–Crippen LogP) is 3.97. The molecule has 0 radical (unpaired) electrons. The number of hydrogen-bond acceptors (Lipinski definition) is 5. The minimum absolute atomic E-state index is 0.198. The standard InChI is InChI=1S/C20H26N2O2S.C2HF3O2/c1-3-21-11-16(12-24-2)20(13-21)8-9-22(14-20)19(23)18-10-15-6-4-5-7-17(15)25-18;3-2(4,5)1(6)7/h4-7,10,16H,3,8-9,11-14H2,1-2H3;(H,6,7)/t16-,20-;/m1./s1. The van der Waals surface area contributed by atoms with E-state index >= 15 is 0 Å². The highest BCUT2D eigenvalue weighted by Gasteiger charge is 2.50. The van der Waals surface area contributed by atoms with Crippen LogP contribution in [0, 0.1) is 11.3 Å². The van der Waals surface area contributed by atoms with Crippen LogP contribution in [0.15, 0.2) is 30.3 Å². The van der Waals surface area contributed by atoms with E-state index < -0.39 is 12.1 Å². The molecule has 1 aromatic carbocycles. The number of benzene rings is 1. The first kappa shape index (κ1) is 24.5. The molecule has 2 saturated heterocycles. The number of carboxylic acid groups (broad SMARTS) is 1. The Hall–Kier alpha value is -2.17. The van der Waals surface area contributed by atoms with Crippen LogP contribution in [0.3, 0.4) is 0 Å². The molecule has 2 atom stereocenters. The second-order valence-corrected chi connectivity index (χ2v) is 9.35. The molecule has 10 heteroatoms. The van der Waals surface area contributed by atoms with Crippen molar-refractivity contribution in [3.05, 3.63) is 35.2 Å². The number of fused-ring (bicyclic) bond motifs is 1. The van der Waals surface area contributed by atoms with Gasteiger partial charge in [0.25, 0.3) is 5.91 Å². The number of aliphatic carboxylic acids is 1. The van der Waals surface area contributed by atoms with Crippen molar-refractivity contribution in [2.24, 2.45) is 11.3 Å². The Morgan fingerprint density at radius 1 is 1.28 bits per heavy atom. The molecule has 1 aromatic heterocycles. The third-order valence-electron chi connectivity index (χ3n) is 6.25. The SMILES string of the molecule is CCN1C[C@H](COC)[C@]2(CCN(C(=O)c3cc4ccccc4s3)C2)C1.O=C(O)C(F)(F)F. The van der Waals surface area contributed by atoms with Crippen molar-refractivity contribution in [2.75, 3.05) is 46.4 Å². The van der Waals surface area contributed by atoms with E-state index in [0.29, 0.717) is 5.92 Å². The maximum absolute atomic E-state index is 13.1. The van der Waals surface area contributed by atoms with E-state index in [1.165, 1.54) is 10.1 Å². The minimum Gasteiger partial charge on any atom is -0.475 e. The smallest absolute Gasteiger partial charge is 0.475 e. The zero-order chi connectivity index (χ0) is 23.5. The fraction of sp³-hybridized carbons (Fsp3) is 0.545. The topological polar surface area (TPSA) is 70.1 Å². The summed E-state index contributed by atoms with van der Waals surface area (Å²) in [6.45, 7) is 8.00. The molecule has 1 spiro atoms. The van der Waals surface area contributed by atoms with E-state index in [4.69, 9.17) is 14.6 Å². The summed E-state index contributed by atoms with van der Waals surface area (Å²) in [7, 11) is 1.79. The molecule has 0 bridgehead atoms. The van der Waals surface area contributed by atoms with Gasteiger partial charge in [-0.25, -0.2) is 4.79 Å². The van der Waals surface area contributed by atoms with Crippen LogP contribution in [-0.2, 0) is 9.53 Å². The molecule has 2 fully saturated rings. The summed E-state index contributed by atoms with van der Waals surface area (Å²) in [6, 6.07) is 10.3. The first-order valence-corrected chi connectivity index (χ1v) is 11.2. The number of thiophene rings is 1. The van der Waals surface area contributed by atoms with Crippen LogP contribution in [0.25, 0.3) is 10.1 Å². The van der Waals surface area contributed by atoms with E-state index in [1.807, 2.05) is 18.2 Å². The molecule has 3 heterocycles. The maximum Gasteiger partial charge on any atom is 0.490 e. The lowest BCUT2D eigenvalue weighted by molar-refractivity contribution is -0.192. The average Bonchev–Trinajstić information content (AvgIpc) is 3.45. The van der Waals surface area contributed by atoms with Crippen molar-refractivity contribution >= 4 is 33.3 Å². The average molecular weight is 473 g/mol. The van der Waals surface area contributed by atoms with Gasteiger partial charge in [0.05, 0.1) is 11.5 Å². The normalized spacial score (nSPS) is 23.5. The molecule has 2 aliphatic rings. The summed E-state index contributed by atoms with van der Waals surface area (Å²) >= 11 is 1.61. The van der Waals surface area contributed by atoms with Crippen molar-refractivity contribution in [3.63, 3.8) is 0 Å². The summed E-state index contributed by atoms with van der Waals surface area (Å²) in [6.07, 6.45) is -3.99. The van der Waals surface area contributed by atoms with Crippen molar-refractivity contribution in [2.45, 2.75) is 19.5 Å². The number of alkyl halides is 3. The van der Waals surface area contributed by atoms with Gasteiger partial charge in [0.2, 0.25) is 0 Å². The lowest BCUT2D eigenvalue weighted by Crippen LogP contribution is -2.38. The zero-order valence-corrected chi connectivity index (χ0v) is 18.8. The van der Waals surface area contributed by atoms with Crippen molar-refractivity contribution < 1.29 is 32.6 Å². The van der Waals surface area contributed by atoms with Gasteiger partial charge in [0, 0.05) is 49.3 Å². The van der Waals surface area contributed by atoms with Crippen LogP contribution in [-0.4, -0.2) is 79.4 Å². The number of carbonyl (C=O) groups is 2. The van der Waals surface area contributed by atoms with E-state index in [2.05, 4.69) is 28.9 Å². The largest absolute Gasteiger partial charge is 0.490 e. The van der Waals surface area contributed by atoms with E-state index in [1.54, 1.807) is 18.4 Å². The fourth-order valence-electron chi connectivity index (χ4n) is 4.59. The van der Waals surface area contributed by atoms with Crippen LogP contribution >= 0.6 is 11.3 Å². The number of ether oxygens (including phenoxy) is 1. The summed E-state index contributed by atoms with van der Waals surface area (Å²) in [4.78, 5) is 27.4. The number of likely N-dealkylation sites (tertiary alicyclic amines) is 2. The number of hydrogen-bond donors (Lipinski definition) is 1. The highest BCUT2D eigenvalue weighted by atomic mass is 32.1. The molecule has 0 aliphatic carbocycles. The number of rotatable bonds is 4. The van der Waals surface area contributed by atoms with Crippen LogP contribution < -0.4 is 0 Å². The number of methoxy groups -OCH3 is 1. The Morgan fingerprint density at radius 2 is 1.97 bits per heavy atom. The molecule has 176 valence electrons. The Kier molecular flexibility index (Phi) is 7.46. The van der Waals surface area contributed by atoms with E-state index in [0.717, 1.165) is 50.6 Å². The number of carboxylic acids is 1. The Morgan fingerprint density at radius 3 is 2.56 bits per heavy atom. The lowest BCUT2D eigenvalue weighted by Gasteiger charge is -2.30. The quantitative estimate of drug-likeness (QED) is 0.730. The first-order valence-electron chi connectivity index (χ1n) is 10.4. The Balaban J connectivity index is 0.000000360. The van der Waals surface area contributed by atoms with Crippen LogP contribution in [0.4, 0.5) is 13.2 Å².